The topological polar surface area (TPSA) is 6.48 Å². The molecule has 1 saturated heterocycles. The zero-order chi connectivity index (χ0) is 16.1. The van der Waals surface area contributed by atoms with E-state index in [4.69, 9.17) is 0 Å². The second-order valence-corrected chi connectivity index (χ2v) is 6.98. The van der Waals surface area contributed by atoms with Gasteiger partial charge in [0.05, 0.1) is 6.17 Å². The summed E-state index contributed by atoms with van der Waals surface area (Å²) < 4.78 is 0. The molecule has 0 N–H and O–H groups in total. The SMILES string of the molecule is CN(C)C1CC(Cc2ccccc2)CCN1Cc1ccccc1. The normalized spacial score (nSPS) is 22.4. The molecular weight excluding hydrogens is 280 g/mol. The van der Waals surface area contributed by atoms with Crippen LogP contribution in [0.1, 0.15) is 24.0 Å². The van der Waals surface area contributed by atoms with Crippen molar-refractivity contribution in [2.45, 2.75) is 32.0 Å². The molecule has 2 nitrogen and oxygen atoms in total. The van der Waals surface area contributed by atoms with Gasteiger partial charge >= 0.3 is 0 Å². The number of piperidine rings is 1. The molecule has 0 spiro atoms. The molecule has 2 aromatic carbocycles. The predicted octanol–water partition coefficient (Wildman–Crippen LogP) is 4.03. The van der Waals surface area contributed by atoms with Gasteiger partial charge in [-0.2, -0.15) is 0 Å². The van der Waals surface area contributed by atoms with E-state index in [-0.39, 0.29) is 0 Å². The van der Waals surface area contributed by atoms with Gasteiger partial charge in [-0.05, 0) is 50.4 Å². The summed E-state index contributed by atoms with van der Waals surface area (Å²) in [5, 5.41) is 0. The number of nitrogens with zero attached hydrogens (tertiary/aromatic N) is 2. The fourth-order valence-corrected chi connectivity index (χ4v) is 3.74. The van der Waals surface area contributed by atoms with Crippen LogP contribution < -0.4 is 0 Å². The Bertz CT molecular complexity index is 579. The maximum absolute atomic E-state index is 2.64. The van der Waals surface area contributed by atoms with Crippen molar-refractivity contribution < 1.29 is 0 Å². The van der Waals surface area contributed by atoms with E-state index in [0.717, 1.165) is 12.5 Å². The van der Waals surface area contributed by atoms with E-state index in [1.807, 2.05) is 0 Å². The zero-order valence-corrected chi connectivity index (χ0v) is 14.4. The smallest absolute Gasteiger partial charge is 0.0623 e. The zero-order valence-electron chi connectivity index (χ0n) is 14.4. The summed E-state index contributed by atoms with van der Waals surface area (Å²) in [6.07, 6.45) is 4.31. The highest BCUT2D eigenvalue weighted by Crippen LogP contribution is 2.28. The predicted molar refractivity (Wildman–Crippen MR) is 97.2 cm³/mol. The van der Waals surface area contributed by atoms with E-state index < -0.39 is 0 Å². The molecule has 2 heteroatoms. The molecule has 122 valence electrons. The Morgan fingerprint density at radius 3 is 2.13 bits per heavy atom. The molecule has 1 heterocycles. The van der Waals surface area contributed by atoms with Crippen LogP contribution in [0.25, 0.3) is 0 Å². The lowest BCUT2D eigenvalue weighted by atomic mass is 9.88. The lowest BCUT2D eigenvalue weighted by molar-refractivity contribution is 0.0154. The molecule has 1 fully saturated rings. The van der Waals surface area contributed by atoms with Crippen molar-refractivity contribution >= 4 is 0 Å². The van der Waals surface area contributed by atoms with Gasteiger partial charge in [0.2, 0.25) is 0 Å². The van der Waals surface area contributed by atoms with Crippen LogP contribution in [0.4, 0.5) is 0 Å². The van der Waals surface area contributed by atoms with Crippen LogP contribution in [0.3, 0.4) is 0 Å². The van der Waals surface area contributed by atoms with Gasteiger partial charge in [0, 0.05) is 13.1 Å². The average Bonchev–Trinajstić information content (AvgIpc) is 2.58. The van der Waals surface area contributed by atoms with Crippen molar-refractivity contribution in [2.75, 3.05) is 20.6 Å². The standard InChI is InChI=1S/C21H28N2/c1-22(2)21-16-20(15-18-9-5-3-6-10-18)13-14-23(21)17-19-11-7-4-8-12-19/h3-12,20-21H,13-17H2,1-2H3. The van der Waals surface area contributed by atoms with Crippen LogP contribution in [0.15, 0.2) is 60.7 Å². The Hall–Kier alpha value is -1.64. The minimum atomic E-state index is 0.540. The maximum Gasteiger partial charge on any atom is 0.0623 e. The first-order chi connectivity index (χ1) is 11.2. The lowest BCUT2D eigenvalue weighted by Crippen LogP contribution is -2.49. The number of hydrogen-bond donors (Lipinski definition) is 0. The van der Waals surface area contributed by atoms with Crippen molar-refractivity contribution in [3.63, 3.8) is 0 Å². The fourth-order valence-electron chi connectivity index (χ4n) is 3.74. The summed E-state index contributed by atoms with van der Waals surface area (Å²) in [4.78, 5) is 5.02. The molecule has 0 radical (unpaired) electrons. The summed E-state index contributed by atoms with van der Waals surface area (Å²) in [5.41, 5.74) is 2.90. The lowest BCUT2D eigenvalue weighted by Gasteiger charge is -2.43. The summed E-state index contributed by atoms with van der Waals surface area (Å²) in [7, 11) is 4.43. The first kappa shape index (κ1) is 16.2. The van der Waals surface area contributed by atoms with Crippen LogP contribution in [0.2, 0.25) is 0 Å². The molecule has 0 aromatic heterocycles. The molecule has 2 aromatic rings. The third-order valence-electron chi connectivity index (χ3n) is 4.98. The summed E-state index contributed by atoms with van der Waals surface area (Å²) >= 11 is 0. The molecule has 3 rings (SSSR count). The van der Waals surface area contributed by atoms with Crippen LogP contribution in [0.5, 0.6) is 0 Å². The largest absolute Gasteiger partial charge is 0.294 e. The van der Waals surface area contributed by atoms with E-state index in [9.17, 15) is 0 Å². The third-order valence-corrected chi connectivity index (χ3v) is 4.98. The first-order valence-electron chi connectivity index (χ1n) is 8.70. The van der Waals surface area contributed by atoms with Gasteiger partial charge in [0.15, 0.2) is 0 Å². The Balaban J connectivity index is 1.64. The van der Waals surface area contributed by atoms with Crippen molar-refractivity contribution in [1.82, 2.24) is 9.80 Å². The monoisotopic (exact) mass is 308 g/mol. The number of rotatable bonds is 5. The Kier molecular flexibility index (Phi) is 5.47. The van der Waals surface area contributed by atoms with Gasteiger partial charge in [-0.15, -0.1) is 0 Å². The number of likely N-dealkylation sites (tertiary alicyclic amines) is 1. The Morgan fingerprint density at radius 2 is 1.52 bits per heavy atom. The van der Waals surface area contributed by atoms with Crippen LogP contribution >= 0.6 is 0 Å². The molecule has 0 bridgehead atoms. The number of benzene rings is 2. The molecule has 2 unspecified atom stereocenters. The minimum absolute atomic E-state index is 0.540. The summed E-state index contributed by atoms with van der Waals surface area (Å²) in [5.74, 6) is 0.789. The van der Waals surface area contributed by atoms with Gasteiger partial charge < -0.3 is 0 Å². The Morgan fingerprint density at radius 1 is 0.913 bits per heavy atom. The van der Waals surface area contributed by atoms with Gasteiger partial charge in [0.1, 0.15) is 0 Å². The van der Waals surface area contributed by atoms with E-state index in [1.165, 1.54) is 36.9 Å². The molecule has 0 amide bonds. The van der Waals surface area contributed by atoms with Gasteiger partial charge in [-0.1, -0.05) is 60.7 Å². The highest BCUT2D eigenvalue weighted by molar-refractivity contribution is 5.16. The van der Waals surface area contributed by atoms with Crippen molar-refractivity contribution in [2.24, 2.45) is 5.92 Å². The fraction of sp³-hybridized carbons (Fsp3) is 0.429. The molecule has 0 aliphatic carbocycles. The molecule has 0 saturated carbocycles. The molecule has 1 aliphatic rings. The second-order valence-electron chi connectivity index (χ2n) is 6.98. The van der Waals surface area contributed by atoms with Gasteiger partial charge in [-0.25, -0.2) is 0 Å². The number of hydrogen-bond acceptors (Lipinski definition) is 2. The van der Waals surface area contributed by atoms with E-state index in [0.29, 0.717) is 6.17 Å². The average molecular weight is 308 g/mol. The third kappa shape index (κ3) is 4.43. The molecular formula is C21H28N2. The summed E-state index contributed by atoms with van der Waals surface area (Å²) in [6, 6.07) is 21.8. The highest BCUT2D eigenvalue weighted by Gasteiger charge is 2.29. The van der Waals surface area contributed by atoms with Gasteiger partial charge in [0.25, 0.3) is 0 Å². The van der Waals surface area contributed by atoms with E-state index in [2.05, 4.69) is 84.6 Å². The second kappa shape index (κ2) is 7.76. The van der Waals surface area contributed by atoms with Crippen LogP contribution in [-0.2, 0) is 13.0 Å². The van der Waals surface area contributed by atoms with Gasteiger partial charge in [-0.3, -0.25) is 9.80 Å². The molecule has 23 heavy (non-hydrogen) atoms. The maximum atomic E-state index is 2.64. The van der Waals surface area contributed by atoms with Crippen molar-refractivity contribution in [3.05, 3.63) is 71.8 Å². The van der Waals surface area contributed by atoms with Crippen LogP contribution in [-0.4, -0.2) is 36.6 Å². The van der Waals surface area contributed by atoms with E-state index >= 15 is 0 Å². The molecule has 1 aliphatic heterocycles. The highest BCUT2D eigenvalue weighted by atomic mass is 15.3. The minimum Gasteiger partial charge on any atom is -0.294 e. The summed E-state index contributed by atoms with van der Waals surface area (Å²) in [6.45, 7) is 2.25. The van der Waals surface area contributed by atoms with Crippen molar-refractivity contribution in [1.29, 1.82) is 0 Å². The Labute approximate surface area is 140 Å². The quantitative estimate of drug-likeness (QED) is 0.823. The van der Waals surface area contributed by atoms with Crippen LogP contribution in [0, 0.1) is 5.92 Å². The van der Waals surface area contributed by atoms with E-state index in [1.54, 1.807) is 0 Å². The van der Waals surface area contributed by atoms with Crippen molar-refractivity contribution in [3.8, 4) is 0 Å². The first-order valence-corrected chi connectivity index (χ1v) is 8.70. The molecule has 2 atom stereocenters.